The fourth-order valence-corrected chi connectivity index (χ4v) is 4.20. The van der Waals surface area contributed by atoms with Crippen molar-refractivity contribution in [1.82, 2.24) is 4.90 Å². The van der Waals surface area contributed by atoms with Crippen molar-refractivity contribution in [3.8, 4) is 0 Å². The fraction of sp³-hybridized carbons (Fsp3) is 0.240. The molecular weight excluding hydrogens is 380 g/mol. The lowest BCUT2D eigenvalue weighted by Gasteiger charge is -2.38. The number of likely N-dealkylation sites (tertiary alicyclic amines) is 1. The van der Waals surface area contributed by atoms with Gasteiger partial charge in [-0.1, -0.05) is 66.2 Å². The zero-order valence-corrected chi connectivity index (χ0v) is 17.1. The Labute approximate surface area is 177 Å². The Bertz CT molecular complexity index is 937. The van der Waals surface area contributed by atoms with Crippen molar-refractivity contribution in [2.24, 2.45) is 0 Å². The second kappa shape index (κ2) is 9.25. The molecule has 1 fully saturated rings. The predicted molar refractivity (Wildman–Crippen MR) is 119 cm³/mol. The molecule has 0 spiro atoms. The van der Waals surface area contributed by atoms with E-state index in [1.54, 1.807) is 0 Å². The summed E-state index contributed by atoms with van der Waals surface area (Å²) < 4.78 is 0. The molecule has 0 atom stereocenters. The van der Waals surface area contributed by atoms with Crippen LogP contribution in [-0.2, 0) is 6.54 Å². The number of hydrogen-bond acceptors (Lipinski definition) is 2. The quantitative estimate of drug-likeness (QED) is 0.548. The minimum Gasteiger partial charge on any atom is -0.305 e. The SMILES string of the molecule is O=C(c1ccccc1)N(c1ccccc1)C1CCN(Cc2ccccc2Cl)CC1. The van der Waals surface area contributed by atoms with E-state index in [1.165, 1.54) is 0 Å². The molecule has 1 aliphatic heterocycles. The summed E-state index contributed by atoms with van der Waals surface area (Å²) in [7, 11) is 0. The average molecular weight is 405 g/mol. The Morgan fingerprint density at radius 3 is 2.10 bits per heavy atom. The summed E-state index contributed by atoms with van der Waals surface area (Å²) in [5.74, 6) is 0.0707. The molecule has 3 aromatic rings. The number of hydrogen-bond donors (Lipinski definition) is 0. The molecule has 148 valence electrons. The Morgan fingerprint density at radius 1 is 0.862 bits per heavy atom. The molecule has 29 heavy (non-hydrogen) atoms. The van der Waals surface area contributed by atoms with Crippen molar-refractivity contribution in [3.63, 3.8) is 0 Å². The van der Waals surface area contributed by atoms with E-state index in [-0.39, 0.29) is 11.9 Å². The average Bonchev–Trinajstić information content (AvgIpc) is 2.78. The van der Waals surface area contributed by atoms with Gasteiger partial charge >= 0.3 is 0 Å². The summed E-state index contributed by atoms with van der Waals surface area (Å²) in [5.41, 5.74) is 2.86. The van der Waals surface area contributed by atoms with Gasteiger partial charge in [-0.25, -0.2) is 0 Å². The molecule has 0 bridgehead atoms. The molecule has 0 saturated carbocycles. The van der Waals surface area contributed by atoms with E-state index in [0.29, 0.717) is 0 Å². The first-order valence-electron chi connectivity index (χ1n) is 10.1. The molecule has 4 heteroatoms. The number of carbonyl (C=O) groups excluding carboxylic acids is 1. The number of anilines is 1. The number of para-hydroxylation sites is 1. The zero-order chi connectivity index (χ0) is 20.1. The minimum atomic E-state index is 0.0707. The van der Waals surface area contributed by atoms with Crippen LogP contribution < -0.4 is 4.90 Å². The lowest BCUT2D eigenvalue weighted by molar-refractivity contribution is 0.0958. The molecule has 0 aliphatic carbocycles. The first-order valence-corrected chi connectivity index (χ1v) is 10.5. The van der Waals surface area contributed by atoms with Crippen molar-refractivity contribution in [3.05, 3.63) is 101 Å². The van der Waals surface area contributed by atoms with Crippen LogP contribution in [0.2, 0.25) is 5.02 Å². The van der Waals surface area contributed by atoms with Crippen LogP contribution in [0.4, 0.5) is 5.69 Å². The summed E-state index contributed by atoms with van der Waals surface area (Å²) in [5, 5.41) is 0.819. The number of piperidine rings is 1. The Morgan fingerprint density at radius 2 is 1.45 bits per heavy atom. The van der Waals surface area contributed by atoms with Gasteiger partial charge < -0.3 is 4.90 Å². The molecule has 0 aromatic heterocycles. The van der Waals surface area contributed by atoms with Gasteiger partial charge in [0.15, 0.2) is 0 Å². The van der Waals surface area contributed by atoms with Crippen molar-refractivity contribution in [2.75, 3.05) is 18.0 Å². The topological polar surface area (TPSA) is 23.6 Å². The van der Waals surface area contributed by atoms with Gasteiger partial charge in [-0.05, 0) is 48.7 Å². The van der Waals surface area contributed by atoms with Gasteiger partial charge in [0.1, 0.15) is 0 Å². The highest BCUT2D eigenvalue weighted by atomic mass is 35.5. The first-order chi connectivity index (χ1) is 14.2. The highest BCUT2D eigenvalue weighted by molar-refractivity contribution is 6.31. The van der Waals surface area contributed by atoms with Crippen LogP contribution in [0, 0.1) is 0 Å². The van der Waals surface area contributed by atoms with Gasteiger partial charge in [0.2, 0.25) is 0 Å². The van der Waals surface area contributed by atoms with E-state index in [0.717, 1.165) is 54.3 Å². The number of carbonyl (C=O) groups is 1. The fourth-order valence-electron chi connectivity index (χ4n) is 4.01. The maximum atomic E-state index is 13.4. The summed E-state index contributed by atoms with van der Waals surface area (Å²) in [6, 6.07) is 27.8. The minimum absolute atomic E-state index is 0.0707. The van der Waals surface area contributed by atoms with E-state index in [9.17, 15) is 4.79 Å². The van der Waals surface area contributed by atoms with Crippen molar-refractivity contribution < 1.29 is 4.79 Å². The summed E-state index contributed by atoms with van der Waals surface area (Å²) >= 11 is 6.33. The van der Waals surface area contributed by atoms with E-state index in [1.807, 2.05) is 83.8 Å². The molecule has 1 saturated heterocycles. The highest BCUT2D eigenvalue weighted by Gasteiger charge is 2.29. The third kappa shape index (κ3) is 4.69. The number of amides is 1. The molecule has 3 aromatic carbocycles. The van der Waals surface area contributed by atoms with Gasteiger partial charge in [0, 0.05) is 41.9 Å². The molecule has 0 unspecified atom stereocenters. The largest absolute Gasteiger partial charge is 0.305 e. The summed E-state index contributed by atoms with van der Waals surface area (Å²) in [6.07, 6.45) is 1.88. The molecule has 1 amide bonds. The maximum Gasteiger partial charge on any atom is 0.258 e. The van der Waals surface area contributed by atoms with Crippen LogP contribution in [0.15, 0.2) is 84.9 Å². The molecule has 0 radical (unpaired) electrons. The lowest BCUT2D eigenvalue weighted by Crippen LogP contribution is -2.47. The van der Waals surface area contributed by atoms with Crippen LogP contribution in [0.25, 0.3) is 0 Å². The molecule has 4 rings (SSSR count). The van der Waals surface area contributed by atoms with Crippen LogP contribution in [-0.4, -0.2) is 29.9 Å². The molecular formula is C25H25ClN2O. The van der Waals surface area contributed by atoms with E-state index < -0.39 is 0 Å². The summed E-state index contributed by atoms with van der Waals surface area (Å²) in [4.78, 5) is 17.8. The summed E-state index contributed by atoms with van der Waals surface area (Å²) in [6.45, 7) is 2.74. The lowest BCUT2D eigenvalue weighted by atomic mass is 10.00. The monoisotopic (exact) mass is 404 g/mol. The highest BCUT2D eigenvalue weighted by Crippen LogP contribution is 2.27. The van der Waals surface area contributed by atoms with Crippen molar-refractivity contribution >= 4 is 23.2 Å². The maximum absolute atomic E-state index is 13.4. The normalized spacial score (nSPS) is 15.2. The van der Waals surface area contributed by atoms with Gasteiger partial charge in [-0.15, -0.1) is 0 Å². The number of benzene rings is 3. The van der Waals surface area contributed by atoms with Gasteiger partial charge in [-0.2, -0.15) is 0 Å². The number of nitrogens with zero attached hydrogens (tertiary/aromatic N) is 2. The predicted octanol–water partition coefficient (Wildman–Crippen LogP) is 5.65. The van der Waals surface area contributed by atoms with Gasteiger partial charge in [-0.3, -0.25) is 9.69 Å². The second-order valence-electron chi connectivity index (χ2n) is 7.48. The van der Waals surface area contributed by atoms with E-state index in [4.69, 9.17) is 11.6 Å². The van der Waals surface area contributed by atoms with Crippen molar-refractivity contribution in [1.29, 1.82) is 0 Å². The number of halogens is 1. The third-order valence-corrected chi connectivity index (χ3v) is 5.92. The Hall–Kier alpha value is -2.62. The molecule has 1 aliphatic rings. The van der Waals surface area contributed by atoms with Crippen LogP contribution in [0.1, 0.15) is 28.8 Å². The molecule has 3 nitrogen and oxygen atoms in total. The van der Waals surface area contributed by atoms with Gasteiger partial charge in [0.05, 0.1) is 0 Å². The van der Waals surface area contributed by atoms with Crippen LogP contribution in [0.5, 0.6) is 0 Å². The molecule has 0 N–H and O–H groups in total. The first kappa shape index (κ1) is 19.7. The van der Waals surface area contributed by atoms with Crippen LogP contribution in [0.3, 0.4) is 0 Å². The smallest absolute Gasteiger partial charge is 0.258 e. The van der Waals surface area contributed by atoms with Crippen molar-refractivity contribution in [2.45, 2.75) is 25.4 Å². The Kier molecular flexibility index (Phi) is 6.28. The third-order valence-electron chi connectivity index (χ3n) is 5.55. The second-order valence-corrected chi connectivity index (χ2v) is 7.88. The van der Waals surface area contributed by atoms with E-state index in [2.05, 4.69) is 11.0 Å². The zero-order valence-electron chi connectivity index (χ0n) is 16.4. The van der Waals surface area contributed by atoms with Gasteiger partial charge in [0.25, 0.3) is 5.91 Å². The van der Waals surface area contributed by atoms with Crippen LogP contribution >= 0.6 is 11.6 Å². The standard InChI is InChI=1S/C25H25ClN2O/c26-24-14-8-7-11-21(24)19-27-17-15-23(16-18-27)28(22-12-5-2-6-13-22)25(29)20-9-3-1-4-10-20/h1-14,23H,15-19H2. The molecule has 1 heterocycles. The van der Waals surface area contributed by atoms with E-state index >= 15 is 0 Å². The Balaban J connectivity index is 1.50. The number of rotatable bonds is 5.